The van der Waals surface area contributed by atoms with Gasteiger partial charge < -0.3 is 5.73 Å². The lowest BCUT2D eigenvalue weighted by atomic mass is 9.90. The Labute approximate surface area is 155 Å². The number of nitrogens with two attached hydrogens (primary N) is 1. The minimum Gasteiger partial charge on any atom is -0.330 e. The van der Waals surface area contributed by atoms with Crippen LogP contribution in [0.25, 0.3) is 0 Å². The van der Waals surface area contributed by atoms with Crippen molar-refractivity contribution in [2.75, 3.05) is 19.6 Å². The van der Waals surface area contributed by atoms with E-state index in [0.717, 1.165) is 19.3 Å². The monoisotopic (exact) mass is 409 g/mol. The van der Waals surface area contributed by atoms with Gasteiger partial charge >= 0.3 is 0 Å². The Bertz CT molecular complexity index is 823. The highest BCUT2D eigenvalue weighted by molar-refractivity contribution is 7.89. The highest BCUT2D eigenvalue weighted by Crippen LogP contribution is 2.32. The van der Waals surface area contributed by atoms with Gasteiger partial charge in [0.1, 0.15) is 0 Å². The van der Waals surface area contributed by atoms with Crippen LogP contribution in [0, 0.1) is 5.41 Å². The predicted molar refractivity (Wildman–Crippen MR) is 97.6 cm³/mol. The van der Waals surface area contributed by atoms with Crippen LogP contribution >= 0.6 is 12.4 Å². The van der Waals surface area contributed by atoms with E-state index in [1.54, 1.807) is 0 Å². The van der Waals surface area contributed by atoms with Crippen molar-refractivity contribution in [2.45, 2.75) is 42.0 Å². The topological polar surface area (TPSA) is 110 Å². The quantitative estimate of drug-likeness (QED) is 0.725. The molecule has 1 aliphatic heterocycles. The maximum atomic E-state index is 12.7. The number of nitrogens with one attached hydrogen (secondary N) is 1. The van der Waals surface area contributed by atoms with Gasteiger partial charge in [-0.25, -0.2) is 21.6 Å². The second-order valence-corrected chi connectivity index (χ2v) is 10.6. The molecule has 0 radical (unpaired) electrons. The first-order valence-electron chi connectivity index (χ1n) is 7.99. The minimum atomic E-state index is -3.63. The van der Waals surface area contributed by atoms with Crippen LogP contribution in [-0.2, 0) is 20.0 Å². The molecule has 0 spiro atoms. The van der Waals surface area contributed by atoms with Gasteiger partial charge in [-0.3, -0.25) is 0 Å². The highest BCUT2D eigenvalue weighted by atomic mass is 35.5. The van der Waals surface area contributed by atoms with Crippen molar-refractivity contribution in [3.63, 3.8) is 0 Å². The van der Waals surface area contributed by atoms with Gasteiger partial charge in [-0.2, -0.15) is 4.31 Å². The summed E-state index contributed by atoms with van der Waals surface area (Å²) in [6.07, 6.45) is 2.42. The summed E-state index contributed by atoms with van der Waals surface area (Å²) >= 11 is 0. The van der Waals surface area contributed by atoms with Gasteiger partial charge in [-0.1, -0.05) is 6.92 Å². The normalized spacial score (nSPS) is 24.9. The minimum absolute atomic E-state index is 0. The Balaban J connectivity index is 0.00000225. The van der Waals surface area contributed by atoms with Crippen LogP contribution in [0.5, 0.6) is 0 Å². The number of hydrogen-bond donors (Lipinski definition) is 2. The van der Waals surface area contributed by atoms with Gasteiger partial charge in [0.2, 0.25) is 20.0 Å². The van der Waals surface area contributed by atoms with E-state index in [0.29, 0.717) is 19.6 Å². The molecule has 0 amide bonds. The maximum Gasteiger partial charge on any atom is 0.243 e. The molecule has 0 aromatic heterocycles. The number of benzene rings is 1. The Hall–Kier alpha value is -0.710. The fourth-order valence-corrected chi connectivity index (χ4v) is 5.68. The van der Waals surface area contributed by atoms with Crippen LogP contribution < -0.4 is 10.5 Å². The Morgan fingerprint density at radius 3 is 2.20 bits per heavy atom. The molecule has 25 heavy (non-hydrogen) atoms. The first-order chi connectivity index (χ1) is 11.2. The summed E-state index contributed by atoms with van der Waals surface area (Å²) in [7, 11) is -7.21. The lowest BCUT2D eigenvalue weighted by Crippen LogP contribution is -2.34. The van der Waals surface area contributed by atoms with Crippen molar-refractivity contribution >= 4 is 32.5 Å². The zero-order chi connectivity index (χ0) is 17.6. The summed E-state index contributed by atoms with van der Waals surface area (Å²) in [4.78, 5) is 0.190. The van der Waals surface area contributed by atoms with Crippen LogP contribution in [0.4, 0.5) is 0 Å². The first-order valence-corrected chi connectivity index (χ1v) is 10.9. The molecule has 1 aromatic carbocycles. The molecule has 3 rings (SSSR count). The molecule has 1 saturated heterocycles. The third-order valence-electron chi connectivity index (χ3n) is 4.69. The summed E-state index contributed by atoms with van der Waals surface area (Å²) in [5.74, 6) is 0. The van der Waals surface area contributed by atoms with E-state index < -0.39 is 20.0 Å². The standard InChI is InChI=1S/C15H23N3O4S2.ClH/c1-15(10-16)8-9-18(11-15)24(21,22)14-6-4-13(5-7-14)23(19,20)17-12-2-3-12;/h4-7,12,17H,2-3,8-11,16H2,1H3;1H. The maximum absolute atomic E-state index is 12.7. The number of nitrogens with zero attached hydrogens (tertiary/aromatic N) is 1. The molecular weight excluding hydrogens is 386 g/mol. The molecule has 142 valence electrons. The highest BCUT2D eigenvalue weighted by Gasteiger charge is 2.39. The second kappa shape index (κ2) is 7.13. The van der Waals surface area contributed by atoms with Crippen molar-refractivity contribution in [3.8, 4) is 0 Å². The summed E-state index contributed by atoms with van der Waals surface area (Å²) in [6, 6.07) is 5.41. The third-order valence-corrected chi connectivity index (χ3v) is 8.08. The molecule has 7 nitrogen and oxygen atoms in total. The second-order valence-electron chi connectivity index (χ2n) is 6.97. The van der Waals surface area contributed by atoms with E-state index in [1.165, 1.54) is 28.6 Å². The van der Waals surface area contributed by atoms with E-state index >= 15 is 0 Å². The number of hydrogen-bond acceptors (Lipinski definition) is 5. The van der Waals surface area contributed by atoms with E-state index in [9.17, 15) is 16.8 Å². The predicted octanol–water partition coefficient (Wildman–Crippen LogP) is 0.909. The SMILES string of the molecule is CC1(CN)CCN(S(=O)(=O)c2ccc(S(=O)(=O)NC3CC3)cc2)C1.Cl. The van der Waals surface area contributed by atoms with Gasteiger partial charge in [0.05, 0.1) is 9.79 Å². The van der Waals surface area contributed by atoms with Crippen molar-refractivity contribution in [3.05, 3.63) is 24.3 Å². The van der Waals surface area contributed by atoms with Crippen molar-refractivity contribution in [1.29, 1.82) is 0 Å². The summed E-state index contributed by atoms with van der Waals surface area (Å²) in [5.41, 5.74) is 5.53. The number of halogens is 1. The van der Waals surface area contributed by atoms with Gasteiger partial charge in [-0.05, 0) is 55.5 Å². The van der Waals surface area contributed by atoms with Gasteiger partial charge in [0, 0.05) is 19.1 Å². The van der Waals surface area contributed by atoms with E-state index in [4.69, 9.17) is 5.73 Å². The van der Waals surface area contributed by atoms with Crippen LogP contribution in [-0.4, -0.2) is 46.8 Å². The summed E-state index contributed by atoms with van der Waals surface area (Å²) in [6.45, 7) is 3.22. The molecule has 1 aliphatic carbocycles. The average molecular weight is 410 g/mol. The zero-order valence-corrected chi connectivity index (χ0v) is 16.5. The van der Waals surface area contributed by atoms with E-state index in [1.807, 2.05) is 6.92 Å². The third kappa shape index (κ3) is 4.35. The van der Waals surface area contributed by atoms with Crippen molar-refractivity contribution < 1.29 is 16.8 Å². The molecule has 0 bridgehead atoms. The van der Waals surface area contributed by atoms with Crippen LogP contribution in [0.2, 0.25) is 0 Å². The number of sulfonamides is 2. The molecule has 2 aliphatic rings. The largest absolute Gasteiger partial charge is 0.330 e. The lowest BCUT2D eigenvalue weighted by Gasteiger charge is -2.22. The Morgan fingerprint density at radius 2 is 1.72 bits per heavy atom. The van der Waals surface area contributed by atoms with Gasteiger partial charge in [-0.15, -0.1) is 12.4 Å². The van der Waals surface area contributed by atoms with Crippen molar-refractivity contribution in [1.82, 2.24) is 9.03 Å². The molecule has 3 N–H and O–H groups in total. The molecule has 1 atom stereocenters. The smallest absolute Gasteiger partial charge is 0.243 e. The Kier molecular flexibility index (Phi) is 5.87. The molecule has 2 fully saturated rings. The fraction of sp³-hybridized carbons (Fsp3) is 0.600. The van der Waals surface area contributed by atoms with Crippen LogP contribution in [0.3, 0.4) is 0 Å². The summed E-state index contributed by atoms with van der Waals surface area (Å²) in [5, 5.41) is 0. The van der Waals surface area contributed by atoms with Gasteiger partial charge in [0.25, 0.3) is 0 Å². The van der Waals surface area contributed by atoms with Crippen LogP contribution in [0.1, 0.15) is 26.2 Å². The molecular formula is C15H24ClN3O4S2. The van der Waals surface area contributed by atoms with Crippen LogP contribution in [0.15, 0.2) is 34.1 Å². The molecule has 1 saturated carbocycles. The average Bonchev–Trinajstić information content (AvgIpc) is 3.25. The molecule has 1 unspecified atom stereocenters. The molecule has 10 heteroatoms. The summed E-state index contributed by atoms with van der Waals surface area (Å²) < 4.78 is 53.7. The lowest BCUT2D eigenvalue weighted by molar-refractivity contribution is 0.349. The first kappa shape index (κ1) is 20.6. The van der Waals surface area contributed by atoms with E-state index in [-0.39, 0.29) is 33.7 Å². The fourth-order valence-electron chi connectivity index (χ4n) is 2.78. The molecule has 1 aromatic rings. The van der Waals surface area contributed by atoms with E-state index in [2.05, 4.69) is 4.72 Å². The zero-order valence-electron chi connectivity index (χ0n) is 14.0. The number of rotatable bonds is 6. The molecule has 1 heterocycles. The van der Waals surface area contributed by atoms with Crippen molar-refractivity contribution in [2.24, 2.45) is 11.1 Å². The van der Waals surface area contributed by atoms with Gasteiger partial charge in [0.15, 0.2) is 0 Å². The Morgan fingerprint density at radius 1 is 1.16 bits per heavy atom.